The number of hydrogen-bond acceptors (Lipinski definition) is 2. The maximum atomic E-state index is 12.1. The molecule has 0 unspecified atom stereocenters. The van der Waals surface area contributed by atoms with E-state index in [1.54, 1.807) is 24.3 Å². The zero-order valence-corrected chi connectivity index (χ0v) is 13.8. The smallest absolute Gasteiger partial charge is 0.251 e. The van der Waals surface area contributed by atoms with Crippen molar-refractivity contribution in [2.24, 2.45) is 0 Å². The number of hydrogen-bond donors (Lipinski definition) is 2. The topological polar surface area (TPSA) is 58.2 Å². The van der Waals surface area contributed by atoms with Crippen LogP contribution >= 0.6 is 0 Å². The Hall–Kier alpha value is -2.62. The molecule has 0 aromatic heterocycles. The summed E-state index contributed by atoms with van der Waals surface area (Å²) >= 11 is 0. The number of aryl methyl sites for hydroxylation is 2. The first kappa shape index (κ1) is 16.2. The number of carbonyl (C=O) groups excluding carboxylic acids is 2. The highest BCUT2D eigenvalue weighted by molar-refractivity contribution is 5.96. The van der Waals surface area contributed by atoms with Gasteiger partial charge in [-0.3, -0.25) is 9.59 Å². The van der Waals surface area contributed by atoms with Crippen molar-refractivity contribution in [2.45, 2.75) is 38.6 Å². The van der Waals surface area contributed by atoms with E-state index in [-0.39, 0.29) is 11.8 Å². The molecule has 1 aliphatic rings. The number of nitrogens with one attached hydrogen (secondary N) is 2. The monoisotopic (exact) mass is 322 g/mol. The molecular formula is C20H22N2O2. The Morgan fingerprint density at radius 1 is 1.08 bits per heavy atom. The maximum Gasteiger partial charge on any atom is 0.251 e. The largest absolute Gasteiger partial charge is 0.349 e. The third kappa shape index (κ3) is 4.69. The van der Waals surface area contributed by atoms with Crippen LogP contribution < -0.4 is 10.6 Å². The standard InChI is InChI=1S/C20H22N2O2/c1-14-3-2-4-15(13-14)5-12-19(23)21-17-8-6-16(7-9-17)20(24)22-18-10-11-18/h2-4,6-9,13,18H,5,10-12H2,1H3,(H,21,23)(H,22,24). The number of amides is 2. The summed E-state index contributed by atoms with van der Waals surface area (Å²) in [5, 5.41) is 5.82. The molecule has 124 valence electrons. The fraction of sp³-hybridized carbons (Fsp3) is 0.300. The van der Waals surface area contributed by atoms with E-state index in [1.165, 1.54) is 5.56 Å². The lowest BCUT2D eigenvalue weighted by Crippen LogP contribution is -2.25. The van der Waals surface area contributed by atoms with Gasteiger partial charge in [-0.05, 0) is 56.0 Å². The number of rotatable bonds is 6. The fourth-order valence-electron chi connectivity index (χ4n) is 2.55. The molecule has 2 amide bonds. The van der Waals surface area contributed by atoms with Gasteiger partial charge in [0.05, 0.1) is 0 Å². The van der Waals surface area contributed by atoms with Gasteiger partial charge in [-0.1, -0.05) is 29.8 Å². The Morgan fingerprint density at radius 2 is 1.83 bits per heavy atom. The Morgan fingerprint density at radius 3 is 2.50 bits per heavy atom. The van der Waals surface area contributed by atoms with Crippen LogP contribution in [0.3, 0.4) is 0 Å². The van der Waals surface area contributed by atoms with Crippen molar-refractivity contribution in [3.05, 3.63) is 65.2 Å². The molecule has 1 saturated carbocycles. The maximum absolute atomic E-state index is 12.1. The van der Waals surface area contributed by atoms with Crippen molar-refractivity contribution in [3.63, 3.8) is 0 Å². The lowest BCUT2D eigenvalue weighted by molar-refractivity contribution is -0.116. The molecule has 1 aliphatic carbocycles. The molecular weight excluding hydrogens is 300 g/mol. The highest BCUT2D eigenvalue weighted by Gasteiger charge is 2.23. The van der Waals surface area contributed by atoms with Gasteiger partial charge >= 0.3 is 0 Å². The van der Waals surface area contributed by atoms with Gasteiger partial charge < -0.3 is 10.6 Å². The van der Waals surface area contributed by atoms with Gasteiger partial charge in [-0.15, -0.1) is 0 Å². The minimum atomic E-state index is -0.0465. The van der Waals surface area contributed by atoms with Crippen LogP contribution in [0.25, 0.3) is 0 Å². The van der Waals surface area contributed by atoms with E-state index >= 15 is 0 Å². The normalized spacial score (nSPS) is 13.4. The second kappa shape index (κ2) is 7.30. The van der Waals surface area contributed by atoms with E-state index in [9.17, 15) is 9.59 Å². The SMILES string of the molecule is Cc1cccc(CCC(=O)Nc2ccc(C(=O)NC3CC3)cc2)c1. The average molecular weight is 322 g/mol. The summed E-state index contributed by atoms with van der Waals surface area (Å²) in [4.78, 5) is 24.0. The van der Waals surface area contributed by atoms with Crippen LogP contribution in [0.15, 0.2) is 48.5 Å². The van der Waals surface area contributed by atoms with Crippen LogP contribution in [0.1, 0.15) is 40.7 Å². The summed E-state index contributed by atoms with van der Waals surface area (Å²) in [7, 11) is 0. The summed E-state index contributed by atoms with van der Waals surface area (Å²) in [6.45, 7) is 2.05. The molecule has 1 fully saturated rings. The number of benzene rings is 2. The molecule has 0 radical (unpaired) electrons. The minimum absolute atomic E-state index is 0.0216. The van der Waals surface area contributed by atoms with E-state index in [4.69, 9.17) is 0 Å². The van der Waals surface area contributed by atoms with Gasteiger partial charge in [0.2, 0.25) is 5.91 Å². The molecule has 24 heavy (non-hydrogen) atoms. The highest BCUT2D eigenvalue weighted by Crippen LogP contribution is 2.19. The molecule has 2 aromatic rings. The summed E-state index contributed by atoms with van der Waals surface area (Å²) in [5.41, 5.74) is 3.71. The lowest BCUT2D eigenvalue weighted by Gasteiger charge is -2.07. The zero-order valence-electron chi connectivity index (χ0n) is 13.8. The molecule has 0 atom stereocenters. The van der Waals surface area contributed by atoms with Crippen molar-refractivity contribution < 1.29 is 9.59 Å². The molecule has 2 N–H and O–H groups in total. The average Bonchev–Trinajstić information content (AvgIpc) is 3.38. The van der Waals surface area contributed by atoms with Crippen molar-refractivity contribution in [3.8, 4) is 0 Å². The Labute approximate surface area is 142 Å². The Bertz CT molecular complexity index is 734. The van der Waals surface area contributed by atoms with Gasteiger partial charge in [0.15, 0.2) is 0 Å². The Balaban J connectivity index is 1.49. The van der Waals surface area contributed by atoms with Crippen LogP contribution in [0.5, 0.6) is 0 Å². The molecule has 0 aliphatic heterocycles. The number of anilines is 1. The molecule has 3 rings (SSSR count). The van der Waals surface area contributed by atoms with Crippen molar-refractivity contribution >= 4 is 17.5 Å². The minimum Gasteiger partial charge on any atom is -0.349 e. The molecule has 0 saturated heterocycles. The van der Waals surface area contributed by atoms with Crippen LogP contribution in [0.4, 0.5) is 5.69 Å². The van der Waals surface area contributed by atoms with Gasteiger partial charge in [0, 0.05) is 23.7 Å². The van der Waals surface area contributed by atoms with Crippen LogP contribution in [-0.4, -0.2) is 17.9 Å². The van der Waals surface area contributed by atoms with Gasteiger partial charge in [0.1, 0.15) is 0 Å². The van der Waals surface area contributed by atoms with Crippen molar-refractivity contribution in [2.75, 3.05) is 5.32 Å². The van der Waals surface area contributed by atoms with E-state index < -0.39 is 0 Å². The van der Waals surface area contributed by atoms with Gasteiger partial charge in [-0.2, -0.15) is 0 Å². The predicted molar refractivity (Wildman–Crippen MR) is 95.1 cm³/mol. The first-order valence-electron chi connectivity index (χ1n) is 8.36. The van der Waals surface area contributed by atoms with Gasteiger partial charge in [-0.25, -0.2) is 0 Å². The van der Waals surface area contributed by atoms with E-state index in [0.717, 1.165) is 24.8 Å². The summed E-state index contributed by atoms with van der Waals surface area (Å²) in [6, 6.07) is 15.6. The summed E-state index contributed by atoms with van der Waals surface area (Å²) in [6.07, 6.45) is 3.30. The predicted octanol–water partition coefficient (Wildman–Crippen LogP) is 3.46. The highest BCUT2D eigenvalue weighted by atomic mass is 16.2. The third-order valence-electron chi connectivity index (χ3n) is 4.07. The molecule has 4 heteroatoms. The Kier molecular flexibility index (Phi) is 4.94. The quantitative estimate of drug-likeness (QED) is 0.855. The van der Waals surface area contributed by atoms with E-state index in [2.05, 4.69) is 16.7 Å². The van der Waals surface area contributed by atoms with E-state index in [0.29, 0.717) is 23.7 Å². The second-order valence-electron chi connectivity index (χ2n) is 6.36. The summed E-state index contributed by atoms with van der Waals surface area (Å²) in [5.74, 6) is -0.0680. The molecule has 4 nitrogen and oxygen atoms in total. The molecule has 0 spiro atoms. The first-order chi connectivity index (χ1) is 11.6. The van der Waals surface area contributed by atoms with Crippen LogP contribution in [-0.2, 0) is 11.2 Å². The lowest BCUT2D eigenvalue weighted by atomic mass is 10.1. The summed E-state index contributed by atoms with van der Waals surface area (Å²) < 4.78 is 0. The van der Waals surface area contributed by atoms with Crippen molar-refractivity contribution in [1.29, 1.82) is 0 Å². The molecule has 0 bridgehead atoms. The molecule has 0 heterocycles. The van der Waals surface area contributed by atoms with E-state index in [1.807, 2.05) is 25.1 Å². The third-order valence-corrected chi connectivity index (χ3v) is 4.07. The van der Waals surface area contributed by atoms with Gasteiger partial charge in [0.25, 0.3) is 5.91 Å². The first-order valence-corrected chi connectivity index (χ1v) is 8.36. The second-order valence-corrected chi connectivity index (χ2v) is 6.36. The zero-order chi connectivity index (χ0) is 16.9. The molecule has 2 aromatic carbocycles. The van der Waals surface area contributed by atoms with Crippen LogP contribution in [0, 0.1) is 6.92 Å². The van der Waals surface area contributed by atoms with Crippen molar-refractivity contribution in [1.82, 2.24) is 5.32 Å². The number of carbonyl (C=O) groups is 2. The van der Waals surface area contributed by atoms with Crippen LogP contribution in [0.2, 0.25) is 0 Å². The fourth-order valence-corrected chi connectivity index (χ4v) is 2.55.